The molecule has 0 aliphatic carbocycles. The van der Waals surface area contributed by atoms with Crippen LogP contribution >= 0.6 is 11.6 Å². The maximum atomic E-state index is 12.8. The minimum atomic E-state index is -0.134. The van der Waals surface area contributed by atoms with E-state index in [0.717, 1.165) is 37.8 Å². The zero-order chi connectivity index (χ0) is 16.2. The number of hydrogen-bond acceptors (Lipinski definition) is 3. The summed E-state index contributed by atoms with van der Waals surface area (Å²) in [6.45, 7) is 1.97. The normalized spacial score (nSPS) is 24.2. The van der Waals surface area contributed by atoms with Gasteiger partial charge in [-0.2, -0.15) is 0 Å². The topological polar surface area (TPSA) is 41.6 Å². The maximum absolute atomic E-state index is 12.8. The highest BCUT2D eigenvalue weighted by molar-refractivity contribution is 6.32. The Morgan fingerprint density at radius 2 is 2.30 bits per heavy atom. The summed E-state index contributed by atoms with van der Waals surface area (Å²) in [7, 11) is 0. The molecular formula is C18H21ClN2O2. The van der Waals surface area contributed by atoms with Crippen LogP contribution in [0.1, 0.15) is 37.3 Å². The van der Waals surface area contributed by atoms with Gasteiger partial charge >= 0.3 is 0 Å². The molecule has 0 aromatic heterocycles. The fourth-order valence-corrected chi connectivity index (χ4v) is 3.64. The number of amides is 1. The predicted octanol–water partition coefficient (Wildman–Crippen LogP) is 2.77. The number of likely N-dealkylation sites (tertiary alicyclic amines) is 1. The van der Waals surface area contributed by atoms with Crippen molar-refractivity contribution in [1.82, 2.24) is 10.2 Å². The van der Waals surface area contributed by atoms with Crippen LogP contribution in [0.25, 0.3) is 0 Å². The molecule has 1 N–H and O–H groups in total. The lowest BCUT2D eigenvalue weighted by molar-refractivity contribution is -0.128. The van der Waals surface area contributed by atoms with Crippen LogP contribution in [0.3, 0.4) is 0 Å². The van der Waals surface area contributed by atoms with Gasteiger partial charge < -0.3 is 10.1 Å². The fraction of sp³-hybridized carbons (Fsp3) is 0.500. The molecule has 1 aromatic carbocycles. The second-order valence-electron chi connectivity index (χ2n) is 6.04. The number of piperidine rings is 1. The van der Waals surface area contributed by atoms with E-state index >= 15 is 0 Å². The van der Waals surface area contributed by atoms with Crippen LogP contribution in [0.5, 0.6) is 5.75 Å². The Morgan fingerprint density at radius 3 is 3.13 bits per heavy atom. The van der Waals surface area contributed by atoms with E-state index < -0.39 is 0 Å². The lowest BCUT2D eigenvalue weighted by Crippen LogP contribution is -2.50. The molecule has 122 valence electrons. The fourth-order valence-electron chi connectivity index (χ4n) is 3.40. The molecule has 3 rings (SSSR count). The largest absolute Gasteiger partial charge is 0.492 e. The Labute approximate surface area is 142 Å². The van der Waals surface area contributed by atoms with Crippen LogP contribution in [-0.2, 0) is 4.79 Å². The number of para-hydroxylation sites is 1. The monoisotopic (exact) mass is 332 g/mol. The van der Waals surface area contributed by atoms with Crippen LogP contribution < -0.4 is 10.1 Å². The summed E-state index contributed by atoms with van der Waals surface area (Å²) in [6.07, 6.45) is 9.21. The van der Waals surface area contributed by atoms with Crippen LogP contribution in [0.15, 0.2) is 18.2 Å². The lowest BCUT2D eigenvalue weighted by Gasteiger charge is -2.35. The Bertz CT molecular complexity index is 626. The Hall–Kier alpha value is -1.70. The van der Waals surface area contributed by atoms with Gasteiger partial charge in [0.05, 0.1) is 30.3 Å². The van der Waals surface area contributed by atoms with Gasteiger partial charge in [-0.25, -0.2) is 0 Å². The van der Waals surface area contributed by atoms with Crippen molar-refractivity contribution < 1.29 is 9.53 Å². The smallest absolute Gasteiger partial charge is 0.237 e. The molecule has 0 spiro atoms. The van der Waals surface area contributed by atoms with Crippen molar-refractivity contribution in [1.29, 1.82) is 0 Å². The van der Waals surface area contributed by atoms with Crippen LogP contribution in [0, 0.1) is 12.3 Å². The summed E-state index contributed by atoms with van der Waals surface area (Å²) < 4.78 is 5.65. The first-order valence-electron chi connectivity index (χ1n) is 8.10. The van der Waals surface area contributed by atoms with Crippen molar-refractivity contribution in [2.45, 2.75) is 37.8 Å². The van der Waals surface area contributed by atoms with Crippen molar-refractivity contribution in [2.75, 3.05) is 19.7 Å². The van der Waals surface area contributed by atoms with Crippen molar-refractivity contribution in [3.05, 3.63) is 28.8 Å². The van der Waals surface area contributed by atoms with Crippen LogP contribution in [0.4, 0.5) is 0 Å². The van der Waals surface area contributed by atoms with Gasteiger partial charge in [0.2, 0.25) is 5.91 Å². The summed E-state index contributed by atoms with van der Waals surface area (Å²) in [6, 6.07) is 5.47. The molecule has 2 atom stereocenters. The van der Waals surface area contributed by atoms with Crippen molar-refractivity contribution in [3.63, 3.8) is 0 Å². The third kappa shape index (κ3) is 3.46. The number of benzene rings is 1. The highest BCUT2D eigenvalue weighted by Gasteiger charge is 2.31. The number of ether oxygens (including phenoxy) is 1. The highest BCUT2D eigenvalue weighted by atomic mass is 35.5. The quantitative estimate of drug-likeness (QED) is 0.865. The van der Waals surface area contributed by atoms with E-state index in [2.05, 4.69) is 16.1 Å². The molecule has 5 heteroatoms. The molecule has 1 saturated heterocycles. The van der Waals surface area contributed by atoms with Gasteiger partial charge in [-0.15, -0.1) is 6.42 Å². The Kier molecular flexibility index (Phi) is 5.09. The molecule has 0 unspecified atom stereocenters. The zero-order valence-corrected chi connectivity index (χ0v) is 13.8. The standard InChI is InChI=1S/C18H21ClN2O2/c1-2-10-21-11-4-3-8-16(21)18(22)20-15-9-12-23-17-13(15)6-5-7-14(17)19/h1,5-7,15-16H,3-4,8-12H2,(H,20,22)/t15-,16+/m1/s1. The molecule has 0 radical (unpaired) electrons. The van der Waals surface area contributed by atoms with Gasteiger partial charge in [0, 0.05) is 12.0 Å². The van der Waals surface area contributed by atoms with E-state index in [-0.39, 0.29) is 18.0 Å². The molecule has 1 amide bonds. The lowest BCUT2D eigenvalue weighted by atomic mass is 9.97. The number of nitrogens with one attached hydrogen (secondary N) is 1. The van der Waals surface area contributed by atoms with E-state index in [1.807, 2.05) is 12.1 Å². The maximum Gasteiger partial charge on any atom is 0.237 e. The summed E-state index contributed by atoms with van der Waals surface area (Å²) in [5, 5.41) is 3.76. The third-order valence-corrected chi connectivity index (χ3v) is 4.85. The number of carbonyl (C=O) groups excluding carboxylic acids is 1. The second-order valence-corrected chi connectivity index (χ2v) is 6.45. The van der Waals surface area contributed by atoms with E-state index in [1.165, 1.54) is 0 Å². The van der Waals surface area contributed by atoms with Gasteiger partial charge in [-0.3, -0.25) is 9.69 Å². The summed E-state index contributed by atoms with van der Waals surface area (Å²) >= 11 is 6.19. The van der Waals surface area contributed by atoms with Gasteiger partial charge in [0.15, 0.2) is 0 Å². The first-order valence-corrected chi connectivity index (χ1v) is 8.47. The first-order chi connectivity index (χ1) is 11.2. The molecule has 4 nitrogen and oxygen atoms in total. The molecule has 1 aromatic rings. The van der Waals surface area contributed by atoms with Crippen molar-refractivity contribution >= 4 is 17.5 Å². The van der Waals surface area contributed by atoms with Gasteiger partial charge in [-0.1, -0.05) is 36.1 Å². The Balaban J connectivity index is 1.74. The molecule has 0 saturated carbocycles. The minimum absolute atomic E-state index is 0.0535. The summed E-state index contributed by atoms with van der Waals surface area (Å²) in [5.41, 5.74) is 0.955. The molecule has 2 heterocycles. The van der Waals surface area contributed by atoms with E-state index in [0.29, 0.717) is 23.9 Å². The van der Waals surface area contributed by atoms with E-state index in [9.17, 15) is 4.79 Å². The van der Waals surface area contributed by atoms with Crippen LogP contribution in [-0.4, -0.2) is 36.5 Å². The zero-order valence-electron chi connectivity index (χ0n) is 13.1. The summed E-state index contributed by atoms with van der Waals surface area (Å²) in [5.74, 6) is 3.40. The molecule has 0 bridgehead atoms. The van der Waals surface area contributed by atoms with E-state index in [4.69, 9.17) is 22.8 Å². The minimum Gasteiger partial charge on any atom is -0.492 e. The first kappa shape index (κ1) is 16.2. The molecule has 1 fully saturated rings. The van der Waals surface area contributed by atoms with Gasteiger partial charge in [0.1, 0.15) is 5.75 Å². The third-order valence-electron chi connectivity index (χ3n) is 4.55. The van der Waals surface area contributed by atoms with Crippen molar-refractivity contribution in [2.24, 2.45) is 0 Å². The number of terminal acetylenes is 1. The molecule has 23 heavy (non-hydrogen) atoms. The highest BCUT2D eigenvalue weighted by Crippen LogP contribution is 2.37. The van der Waals surface area contributed by atoms with Gasteiger partial charge in [-0.05, 0) is 25.5 Å². The SMILES string of the molecule is C#CCN1CCCC[C@H]1C(=O)N[C@@H]1CCOc2c(Cl)cccc21. The number of rotatable bonds is 3. The number of hydrogen-bond donors (Lipinski definition) is 1. The number of fused-ring (bicyclic) bond motifs is 1. The number of carbonyl (C=O) groups is 1. The Morgan fingerprint density at radius 1 is 1.43 bits per heavy atom. The van der Waals surface area contributed by atoms with Crippen LogP contribution in [0.2, 0.25) is 5.02 Å². The number of halogens is 1. The molecule has 2 aliphatic heterocycles. The predicted molar refractivity (Wildman–Crippen MR) is 90.5 cm³/mol. The molecular weight excluding hydrogens is 312 g/mol. The number of nitrogens with zero attached hydrogens (tertiary/aromatic N) is 1. The van der Waals surface area contributed by atoms with Gasteiger partial charge in [0.25, 0.3) is 0 Å². The van der Waals surface area contributed by atoms with Crippen molar-refractivity contribution in [3.8, 4) is 18.1 Å². The average molecular weight is 333 g/mol. The molecule has 2 aliphatic rings. The average Bonchev–Trinajstić information content (AvgIpc) is 2.56. The van der Waals surface area contributed by atoms with E-state index in [1.54, 1.807) is 6.07 Å². The second kappa shape index (κ2) is 7.25. The summed E-state index contributed by atoms with van der Waals surface area (Å²) in [4.78, 5) is 14.8.